The molecular weight excluding hydrogens is 224 g/mol. The van der Waals surface area contributed by atoms with Crippen LogP contribution in [0.3, 0.4) is 0 Å². The van der Waals surface area contributed by atoms with Crippen LogP contribution in [0.25, 0.3) is 0 Å². The average molecular weight is 240 g/mol. The highest BCUT2D eigenvalue weighted by Gasteiger charge is 2.20. The van der Waals surface area contributed by atoms with E-state index < -0.39 is 0 Å². The van der Waals surface area contributed by atoms with E-state index in [0.717, 1.165) is 25.1 Å². The number of para-hydroxylation sites is 1. The van der Waals surface area contributed by atoms with Gasteiger partial charge in [-0.25, -0.2) is 4.98 Å². The first kappa shape index (κ1) is 11.0. The summed E-state index contributed by atoms with van der Waals surface area (Å²) >= 11 is 0. The van der Waals surface area contributed by atoms with Gasteiger partial charge in [0, 0.05) is 24.0 Å². The van der Waals surface area contributed by atoms with Crippen molar-refractivity contribution in [3.8, 4) is 0 Å². The number of hydrogen-bond acceptors (Lipinski definition) is 4. The highest BCUT2D eigenvalue weighted by molar-refractivity contribution is 5.64. The van der Waals surface area contributed by atoms with Crippen molar-refractivity contribution in [2.75, 3.05) is 17.2 Å². The van der Waals surface area contributed by atoms with Gasteiger partial charge in [-0.05, 0) is 31.4 Å². The Morgan fingerprint density at radius 3 is 2.89 bits per heavy atom. The number of rotatable bonds is 1. The van der Waals surface area contributed by atoms with Crippen LogP contribution in [0, 0.1) is 6.92 Å². The van der Waals surface area contributed by atoms with Gasteiger partial charge in [0.2, 0.25) is 5.95 Å². The van der Waals surface area contributed by atoms with E-state index in [0.29, 0.717) is 11.8 Å². The number of fused-ring (bicyclic) bond motifs is 1. The number of anilines is 3. The van der Waals surface area contributed by atoms with Crippen LogP contribution in [0.5, 0.6) is 0 Å². The van der Waals surface area contributed by atoms with Gasteiger partial charge in [-0.1, -0.05) is 18.2 Å². The molecule has 2 heterocycles. The highest BCUT2D eigenvalue weighted by atomic mass is 15.3. The maximum absolute atomic E-state index is 5.81. The summed E-state index contributed by atoms with van der Waals surface area (Å²) < 4.78 is 0. The maximum Gasteiger partial charge on any atom is 0.232 e. The number of nitrogens with two attached hydrogens (primary N) is 1. The third kappa shape index (κ3) is 1.90. The minimum atomic E-state index is 0.528. The Hall–Kier alpha value is -2.10. The standard InChI is InChI=1S/C14H16N4/c1-10-9-13(15)17-14(16-10)18-8-4-6-11-5-2-3-7-12(11)18/h2-3,5,7,9H,4,6,8H2,1H3,(H2,15,16,17). The predicted molar refractivity (Wildman–Crippen MR) is 73.0 cm³/mol. The van der Waals surface area contributed by atoms with Gasteiger partial charge in [0.1, 0.15) is 5.82 Å². The monoisotopic (exact) mass is 240 g/mol. The quantitative estimate of drug-likeness (QED) is 0.832. The maximum atomic E-state index is 5.81. The molecule has 18 heavy (non-hydrogen) atoms. The Kier molecular flexibility index (Phi) is 2.63. The van der Waals surface area contributed by atoms with Crippen LogP contribution >= 0.6 is 0 Å². The molecule has 0 bridgehead atoms. The number of aryl methyl sites for hydroxylation is 2. The third-order valence-corrected chi connectivity index (χ3v) is 3.21. The second-order valence-electron chi connectivity index (χ2n) is 4.62. The summed E-state index contributed by atoms with van der Waals surface area (Å²) in [4.78, 5) is 11.0. The third-order valence-electron chi connectivity index (χ3n) is 3.21. The molecule has 1 aliphatic heterocycles. The van der Waals surface area contributed by atoms with Crippen LogP contribution in [0.15, 0.2) is 30.3 Å². The van der Waals surface area contributed by atoms with Crippen LogP contribution in [0.2, 0.25) is 0 Å². The zero-order chi connectivity index (χ0) is 12.5. The minimum Gasteiger partial charge on any atom is -0.384 e. The molecule has 3 rings (SSSR count). The van der Waals surface area contributed by atoms with E-state index >= 15 is 0 Å². The molecule has 4 heteroatoms. The van der Waals surface area contributed by atoms with Crippen molar-refractivity contribution in [1.29, 1.82) is 0 Å². The SMILES string of the molecule is Cc1cc(N)nc(N2CCCc3ccccc32)n1. The van der Waals surface area contributed by atoms with Gasteiger partial charge in [0.25, 0.3) is 0 Å². The molecule has 0 unspecified atom stereocenters. The zero-order valence-corrected chi connectivity index (χ0v) is 10.4. The number of aromatic nitrogens is 2. The Bertz CT molecular complexity index is 560. The lowest BCUT2D eigenvalue weighted by Gasteiger charge is -2.29. The zero-order valence-electron chi connectivity index (χ0n) is 10.4. The van der Waals surface area contributed by atoms with E-state index in [1.807, 2.05) is 6.92 Å². The molecule has 0 spiro atoms. The molecule has 0 radical (unpaired) electrons. The van der Waals surface area contributed by atoms with Crippen molar-refractivity contribution in [3.05, 3.63) is 41.6 Å². The van der Waals surface area contributed by atoms with Gasteiger partial charge in [0.05, 0.1) is 0 Å². The van der Waals surface area contributed by atoms with Crippen LogP contribution in [-0.4, -0.2) is 16.5 Å². The summed E-state index contributed by atoms with van der Waals surface area (Å²) in [5.41, 5.74) is 9.27. The van der Waals surface area contributed by atoms with Gasteiger partial charge in [-0.15, -0.1) is 0 Å². The molecule has 2 aromatic rings. The van der Waals surface area contributed by atoms with Gasteiger partial charge in [-0.2, -0.15) is 4.98 Å². The summed E-state index contributed by atoms with van der Waals surface area (Å²) in [5, 5.41) is 0. The number of nitrogens with zero attached hydrogens (tertiary/aromatic N) is 3. The second kappa shape index (κ2) is 4.29. The topological polar surface area (TPSA) is 55.0 Å². The molecule has 1 aliphatic rings. The molecule has 92 valence electrons. The number of hydrogen-bond donors (Lipinski definition) is 1. The summed E-state index contributed by atoms with van der Waals surface area (Å²) in [6.07, 6.45) is 2.24. The van der Waals surface area contributed by atoms with Crippen LogP contribution in [0.4, 0.5) is 17.5 Å². The van der Waals surface area contributed by atoms with Crippen molar-refractivity contribution in [2.24, 2.45) is 0 Å². The van der Waals surface area contributed by atoms with Gasteiger partial charge >= 0.3 is 0 Å². The van der Waals surface area contributed by atoms with Crippen LogP contribution in [-0.2, 0) is 6.42 Å². The molecule has 0 fully saturated rings. The molecule has 1 aromatic carbocycles. The van der Waals surface area contributed by atoms with Crippen molar-refractivity contribution in [3.63, 3.8) is 0 Å². The number of benzene rings is 1. The second-order valence-corrected chi connectivity index (χ2v) is 4.62. The molecule has 0 saturated heterocycles. The predicted octanol–water partition coefficient (Wildman–Crippen LogP) is 2.45. The lowest BCUT2D eigenvalue weighted by Crippen LogP contribution is -2.26. The first-order valence-electron chi connectivity index (χ1n) is 6.20. The first-order valence-corrected chi connectivity index (χ1v) is 6.20. The molecule has 0 saturated carbocycles. The smallest absolute Gasteiger partial charge is 0.232 e. The average Bonchev–Trinajstić information content (AvgIpc) is 2.37. The summed E-state index contributed by atoms with van der Waals surface area (Å²) in [6.45, 7) is 2.89. The summed E-state index contributed by atoms with van der Waals surface area (Å²) in [5.74, 6) is 1.24. The van der Waals surface area contributed by atoms with Crippen molar-refractivity contribution in [1.82, 2.24) is 9.97 Å². The van der Waals surface area contributed by atoms with E-state index in [4.69, 9.17) is 5.73 Å². The van der Waals surface area contributed by atoms with Crippen molar-refractivity contribution < 1.29 is 0 Å². The summed E-state index contributed by atoms with van der Waals surface area (Å²) in [7, 11) is 0. The van der Waals surface area contributed by atoms with Gasteiger partial charge < -0.3 is 10.6 Å². The first-order chi connectivity index (χ1) is 8.74. The molecule has 0 aliphatic carbocycles. The molecule has 1 aromatic heterocycles. The Morgan fingerprint density at radius 2 is 2.06 bits per heavy atom. The van der Waals surface area contributed by atoms with E-state index in [9.17, 15) is 0 Å². The van der Waals surface area contributed by atoms with Crippen molar-refractivity contribution in [2.45, 2.75) is 19.8 Å². The van der Waals surface area contributed by atoms with Crippen LogP contribution in [0.1, 0.15) is 17.7 Å². The highest BCUT2D eigenvalue weighted by Crippen LogP contribution is 2.31. The fourth-order valence-electron chi connectivity index (χ4n) is 2.44. The Balaban J connectivity index is 2.08. The van der Waals surface area contributed by atoms with E-state index in [-0.39, 0.29) is 0 Å². The summed E-state index contributed by atoms with van der Waals surface area (Å²) in [6, 6.07) is 10.2. The normalized spacial score (nSPS) is 14.4. The lowest BCUT2D eigenvalue weighted by atomic mass is 10.0. The fraction of sp³-hybridized carbons (Fsp3) is 0.286. The molecule has 4 nitrogen and oxygen atoms in total. The van der Waals surface area contributed by atoms with Crippen LogP contribution < -0.4 is 10.6 Å². The molecular formula is C14H16N4. The van der Waals surface area contributed by atoms with Gasteiger partial charge in [-0.3, -0.25) is 0 Å². The Morgan fingerprint density at radius 1 is 1.22 bits per heavy atom. The minimum absolute atomic E-state index is 0.528. The largest absolute Gasteiger partial charge is 0.384 e. The lowest BCUT2D eigenvalue weighted by molar-refractivity contribution is 0.749. The molecule has 2 N–H and O–H groups in total. The van der Waals surface area contributed by atoms with E-state index in [1.54, 1.807) is 6.07 Å². The van der Waals surface area contributed by atoms with E-state index in [2.05, 4.69) is 39.1 Å². The number of nitrogen functional groups attached to an aromatic ring is 1. The van der Waals surface area contributed by atoms with Gasteiger partial charge in [0.15, 0.2) is 0 Å². The Labute approximate surface area is 106 Å². The molecule has 0 amide bonds. The van der Waals surface area contributed by atoms with Crippen molar-refractivity contribution >= 4 is 17.5 Å². The fourth-order valence-corrected chi connectivity index (χ4v) is 2.44. The molecule has 0 atom stereocenters. The van der Waals surface area contributed by atoms with E-state index in [1.165, 1.54) is 11.3 Å².